The molecule has 1 aromatic heterocycles. The molecule has 1 N–H and O–H groups in total. The predicted molar refractivity (Wildman–Crippen MR) is 105 cm³/mol. The fraction of sp³-hybridized carbons (Fsp3) is 0.500. The van der Waals surface area contributed by atoms with E-state index in [2.05, 4.69) is 10.2 Å². The topological polar surface area (TPSA) is 72.3 Å². The maximum atomic E-state index is 13.0. The summed E-state index contributed by atoms with van der Waals surface area (Å²) in [5.41, 5.74) is 0.204. The van der Waals surface area contributed by atoms with E-state index >= 15 is 0 Å². The fourth-order valence-electron chi connectivity index (χ4n) is 5.96. The van der Waals surface area contributed by atoms with Gasteiger partial charge in [0.15, 0.2) is 10.9 Å². The number of ether oxygens (including phenoxy) is 1. The first-order valence-corrected chi connectivity index (χ1v) is 10.4. The van der Waals surface area contributed by atoms with Crippen molar-refractivity contribution < 1.29 is 14.6 Å². The number of ketones is 1. The van der Waals surface area contributed by atoms with E-state index in [-0.39, 0.29) is 5.78 Å². The van der Waals surface area contributed by atoms with Gasteiger partial charge in [-0.25, -0.2) is 0 Å². The molecule has 5 nitrogen and oxygen atoms in total. The SMILES string of the molecule is O=C(CC1C2CC3CC1CC(O)(C3)C2)c1cccc(Oc2ccc(Cl)nn2)c1. The summed E-state index contributed by atoms with van der Waals surface area (Å²) in [5.74, 6) is 3.08. The molecule has 6 rings (SSSR count). The molecule has 0 amide bonds. The third-order valence-corrected chi connectivity index (χ3v) is 7.04. The normalized spacial score (nSPS) is 33.1. The van der Waals surface area contributed by atoms with Crippen LogP contribution in [0, 0.1) is 23.7 Å². The second-order valence-electron chi connectivity index (χ2n) is 8.81. The van der Waals surface area contributed by atoms with Gasteiger partial charge in [0.1, 0.15) is 5.75 Å². The maximum absolute atomic E-state index is 13.0. The zero-order valence-electron chi connectivity index (χ0n) is 15.6. The van der Waals surface area contributed by atoms with E-state index in [1.165, 1.54) is 12.8 Å². The molecule has 146 valence electrons. The van der Waals surface area contributed by atoms with Crippen LogP contribution in [0.3, 0.4) is 0 Å². The van der Waals surface area contributed by atoms with E-state index in [1.54, 1.807) is 24.3 Å². The Bertz CT molecular complexity index is 885. The Balaban J connectivity index is 1.29. The van der Waals surface area contributed by atoms with Gasteiger partial charge in [0.2, 0.25) is 5.88 Å². The summed E-state index contributed by atoms with van der Waals surface area (Å²) in [5, 5.41) is 18.7. The van der Waals surface area contributed by atoms with Crippen LogP contribution in [-0.2, 0) is 0 Å². The summed E-state index contributed by atoms with van der Waals surface area (Å²) in [6.45, 7) is 0. The number of hydrogen-bond donors (Lipinski definition) is 1. The fourth-order valence-corrected chi connectivity index (χ4v) is 6.06. The molecule has 0 radical (unpaired) electrons. The summed E-state index contributed by atoms with van der Waals surface area (Å²) in [7, 11) is 0. The number of Topliss-reactive ketones (excluding diaryl/α,β-unsaturated/α-hetero) is 1. The third kappa shape index (κ3) is 3.42. The standard InChI is InChI=1S/C22H23ClN2O3/c23-20-4-5-21(25-24-20)28-17-3-1-2-14(8-17)19(26)9-18-15-6-13-7-16(18)12-22(27,10-13)11-15/h1-5,8,13,15-16,18,27H,6-7,9-12H2. The van der Waals surface area contributed by atoms with Gasteiger partial charge >= 0.3 is 0 Å². The van der Waals surface area contributed by atoms with Crippen LogP contribution in [0.15, 0.2) is 36.4 Å². The molecule has 0 spiro atoms. The van der Waals surface area contributed by atoms with Crippen LogP contribution in [0.2, 0.25) is 5.15 Å². The Morgan fingerprint density at radius 2 is 1.93 bits per heavy atom. The van der Waals surface area contributed by atoms with Crippen molar-refractivity contribution in [3.63, 3.8) is 0 Å². The van der Waals surface area contributed by atoms with Crippen molar-refractivity contribution in [2.75, 3.05) is 0 Å². The zero-order valence-corrected chi connectivity index (χ0v) is 16.3. The van der Waals surface area contributed by atoms with Gasteiger partial charge in [0.25, 0.3) is 0 Å². The van der Waals surface area contributed by atoms with E-state index < -0.39 is 5.60 Å². The van der Waals surface area contributed by atoms with Gasteiger partial charge in [0.05, 0.1) is 5.60 Å². The van der Waals surface area contributed by atoms with Gasteiger partial charge in [-0.3, -0.25) is 4.79 Å². The molecule has 28 heavy (non-hydrogen) atoms. The van der Waals surface area contributed by atoms with Crippen LogP contribution >= 0.6 is 11.6 Å². The van der Waals surface area contributed by atoms with Gasteiger partial charge < -0.3 is 9.84 Å². The van der Waals surface area contributed by atoms with Crippen molar-refractivity contribution >= 4 is 17.4 Å². The van der Waals surface area contributed by atoms with Crippen molar-refractivity contribution in [3.05, 3.63) is 47.1 Å². The monoisotopic (exact) mass is 398 g/mol. The number of rotatable bonds is 5. The minimum Gasteiger partial charge on any atom is -0.438 e. The Hall–Kier alpha value is -1.98. The second kappa shape index (κ2) is 6.82. The first-order chi connectivity index (χ1) is 13.5. The van der Waals surface area contributed by atoms with Crippen molar-refractivity contribution in [2.45, 2.75) is 44.1 Å². The molecule has 0 saturated heterocycles. The minimum absolute atomic E-state index is 0.150. The molecule has 4 bridgehead atoms. The van der Waals surface area contributed by atoms with Gasteiger partial charge in [0, 0.05) is 18.1 Å². The molecule has 2 atom stereocenters. The third-order valence-electron chi connectivity index (χ3n) is 6.84. The number of carbonyl (C=O) groups excluding carboxylic acids is 1. The molecule has 2 unspecified atom stereocenters. The number of aromatic nitrogens is 2. The van der Waals surface area contributed by atoms with Crippen LogP contribution in [0.5, 0.6) is 11.6 Å². The smallest absolute Gasteiger partial charge is 0.238 e. The lowest BCUT2D eigenvalue weighted by molar-refractivity contribution is -0.151. The molecular weight excluding hydrogens is 376 g/mol. The molecular formula is C22H23ClN2O3. The number of nitrogens with zero attached hydrogens (tertiary/aromatic N) is 2. The summed E-state index contributed by atoms with van der Waals surface area (Å²) in [6.07, 6.45) is 5.62. The highest BCUT2D eigenvalue weighted by atomic mass is 35.5. The lowest BCUT2D eigenvalue weighted by Gasteiger charge is -2.58. The van der Waals surface area contributed by atoms with Gasteiger partial charge in [-0.15, -0.1) is 10.2 Å². The van der Waals surface area contributed by atoms with Gasteiger partial charge in [-0.1, -0.05) is 23.7 Å². The van der Waals surface area contributed by atoms with Crippen molar-refractivity contribution in [1.82, 2.24) is 10.2 Å². The highest BCUT2D eigenvalue weighted by Crippen LogP contribution is 2.59. The Kier molecular flexibility index (Phi) is 4.40. The van der Waals surface area contributed by atoms with E-state index in [9.17, 15) is 9.90 Å². The van der Waals surface area contributed by atoms with Gasteiger partial charge in [-0.2, -0.15) is 0 Å². The van der Waals surface area contributed by atoms with Crippen LogP contribution in [0.1, 0.15) is 48.9 Å². The van der Waals surface area contributed by atoms with Crippen LogP contribution in [0.25, 0.3) is 0 Å². The molecule has 6 heteroatoms. The first-order valence-electron chi connectivity index (χ1n) is 10.0. The molecule has 1 heterocycles. The average Bonchev–Trinajstić information content (AvgIpc) is 2.65. The number of benzene rings is 1. The molecule has 4 aliphatic carbocycles. The molecule has 4 aliphatic rings. The first kappa shape index (κ1) is 18.1. The highest BCUT2D eigenvalue weighted by Gasteiger charge is 2.54. The predicted octanol–water partition coefficient (Wildman–Crippen LogP) is 4.68. The van der Waals surface area contributed by atoms with Crippen molar-refractivity contribution in [2.24, 2.45) is 23.7 Å². The summed E-state index contributed by atoms with van der Waals surface area (Å²) in [4.78, 5) is 13.0. The average molecular weight is 399 g/mol. The van der Waals surface area contributed by atoms with Crippen LogP contribution < -0.4 is 4.74 Å². The Morgan fingerprint density at radius 3 is 2.61 bits per heavy atom. The summed E-state index contributed by atoms with van der Waals surface area (Å²) < 4.78 is 5.70. The molecule has 2 aromatic rings. The van der Waals surface area contributed by atoms with E-state index in [0.29, 0.717) is 52.4 Å². The minimum atomic E-state index is -0.455. The largest absolute Gasteiger partial charge is 0.438 e. The molecule has 4 saturated carbocycles. The van der Waals surface area contributed by atoms with Crippen molar-refractivity contribution in [3.8, 4) is 11.6 Å². The highest BCUT2D eigenvalue weighted by molar-refractivity contribution is 6.29. The van der Waals surface area contributed by atoms with Crippen LogP contribution in [0.4, 0.5) is 0 Å². The number of carbonyl (C=O) groups is 1. The van der Waals surface area contributed by atoms with Crippen molar-refractivity contribution in [1.29, 1.82) is 0 Å². The molecule has 0 aliphatic heterocycles. The quantitative estimate of drug-likeness (QED) is 0.740. The van der Waals surface area contributed by atoms with E-state index in [4.69, 9.17) is 16.3 Å². The summed E-state index contributed by atoms with van der Waals surface area (Å²) in [6, 6.07) is 10.5. The van der Waals surface area contributed by atoms with E-state index in [1.807, 2.05) is 12.1 Å². The zero-order chi connectivity index (χ0) is 19.3. The molecule has 1 aromatic carbocycles. The number of hydrogen-bond acceptors (Lipinski definition) is 5. The summed E-state index contributed by atoms with van der Waals surface area (Å²) >= 11 is 5.75. The van der Waals surface area contributed by atoms with Gasteiger partial charge in [-0.05, 0) is 74.0 Å². The Labute approximate surface area is 169 Å². The number of halogens is 1. The second-order valence-corrected chi connectivity index (χ2v) is 9.20. The number of aliphatic hydroxyl groups is 1. The lowest BCUT2D eigenvalue weighted by atomic mass is 9.49. The molecule has 4 fully saturated rings. The maximum Gasteiger partial charge on any atom is 0.238 e. The Morgan fingerprint density at radius 1 is 1.14 bits per heavy atom. The van der Waals surface area contributed by atoms with Crippen LogP contribution in [-0.4, -0.2) is 26.7 Å². The lowest BCUT2D eigenvalue weighted by Crippen LogP contribution is -2.54. The van der Waals surface area contributed by atoms with E-state index in [0.717, 1.165) is 19.3 Å².